The number of nitrogens with zero attached hydrogens (tertiary/aromatic N) is 1. The van der Waals surface area contributed by atoms with Gasteiger partial charge in [-0.3, -0.25) is 9.59 Å². The Morgan fingerprint density at radius 3 is 2.12 bits per heavy atom. The number of para-hydroxylation sites is 1. The molecule has 2 amide bonds. The molecule has 5 heteroatoms. The second-order valence-electron chi connectivity index (χ2n) is 8.06. The Bertz CT molecular complexity index is 1020. The molecule has 5 nitrogen and oxygen atoms in total. The first-order chi connectivity index (χ1) is 16.1. The van der Waals surface area contributed by atoms with Gasteiger partial charge < -0.3 is 15.0 Å². The van der Waals surface area contributed by atoms with Crippen molar-refractivity contribution >= 4 is 11.8 Å². The minimum atomic E-state index is -0.646. The van der Waals surface area contributed by atoms with Crippen LogP contribution < -0.4 is 10.1 Å². The maximum atomic E-state index is 13.5. The number of hydrogen-bond donors (Lipinski definition) is 1. The van der Waals surface area contributed by atoms with E-state index in [0.717, 1.165) is 23.1 Å². The van der Waals surface area contributed by atoms with Crippen LogP contribution in [0.3, 0.4) is 0 Å². The van der Waals surface area contributed by atoms with Crippen LogP contribution in [0.2, 0.25) is 0 Å². The molecule has 0 saturated carbocycles. The molecule has 172 valence electrons. The van der Waals surface area contributed by atoms with E-state index in [2.05, 4.69) is 5.32 Å². The molecule has 0 aliphatic heterocycles. The standard InChI is InChI=1S/C28H32N2O3/c1-3-18-29-28(32)25(19-23-13-6-4-7-14-23)30(20-24-15-8-5-9-16-24)27(31)21-33-26-17-11-10-12-22(26)2/h4-17,25H,3,18-21H2,1-2H3,(H,29,32)/t25-/m1/s1. The van der Waals surface area contributed by atoms with Crippen LogP contribution in [0.4, 0.5) is 0 Å². The molecular formula is C28H32N2O3. The molecule has 1 N–H and O–H groups in total. The molecule has 0 aliphatic rings. The van der Waals surface area contributed by atoms with E-state index in [1.165, 1.54) is 0 Å². The second-order valence-corrected chi connectivity index (χ2v) is 8.06. The third-order valence-corrected chi connectivity index (χ3v) is 5.46. The lowest BCUT2D eigenvalue weighted by Gasteiger charge is -2.31. The molecule has 0 spiro atoms. The van der Waals surface area contributed by atoms with Gasteiger partial charge in [0.1, 0.15) is 11.8 Å². The summed E-state index contributed by atoms with van der Waals surface area (Å²) in [5.41, 5.74) is 2.92. The van der Waals surface area contributed by atoms with Crippen molar-refractivity contribution in [3.63, 3.8) is 0 Å². The van der Waals surface area contributed by atoms with Crippen LogP contribution in [0, 0.1) is 6.92 Å². The third kappa shape index (κ3) is 7.21. The number of rotatable bonds is 11. The van der Waals surface area contributed by atoms with E-state index in [0.29, 0.717) is 25.3 Å². The van der Waals surface area contributed by atoms with Crippen molar-refractivity contribution in [2.45, 2.75) is 39.3 Å². The van der Waals surface area contributed by atoms with Gasteiger partial charge in [0.15, 0.2) is 6.61 Å². The van der Waals surface area contributed by atoms with E-state index in [1.54, 1.807) is 4.90 Å². The fourth-order valence-electron chi connectivity index (χ4n) is 3.64. The summed E-state index contributed by atoms with van der Waals surface area (Å²) in [5.74, 6) is 0.288. The summed E-state index contributed by atoms with van der Waals surface area (Å²) in [4.78, 5) is 28.3. The van der Waals surface area contributed by atoms with Gasteiger partial charge in [-0.05, 0) is 36.1 Å². The van der Waals surface area contributed by atoms with E-state index in [9.17, 15) is 9.59 Å². The van der Waals surface area contributed by atoms with Gasteiger partial charge in [-0.2, -0.15) is 0 Å². The van der Waals surface area contributed by atoms with Crippen LogP contribution in [0.15, 0.2) is 84.9 Å². The van der Waals surface area contributed by atoms with Crippen molar-refractivity contribution in [2.75, 3.05) is 13.2 Å². The predicted molar refractivity (Wildman–Crippen MR) is 131 cm³/mol. The molecule has 3 aromatic carbocycles. The van der Waals surface area contributed by atoms with Gasteiger partial charge in [0, 0.05) is 19.5 Å². The number of nitrogens with one attached hydrogen (secondary N) is 1. The molecular weight excluding hydrogens is 412 g/mol. The average molecular weight is 445 g/mol. The number of amides is 2. The van der Waals surface area contributed by atoms with Crippen molar-refractivity contribution < 1.29 is 14.3 Å². The zero-order valence-corrected chi connectivity index (χ0v) is 19.4. The Labute approximate surface area is 196 Å². The fraction of sp³-hybridized carbons (Fsp3) is 0.286. The van der Waals surface area contributed by atoms with Crippen LogP contribution in [0.25, 0.3) is 0 Å². The summed E-state index contributed by atoms with van der Waals surface area (Å²) in [6.07, 6.45) is 1.26. The highest BCUT2D eigenvalue weighted by Gasteiger charge is 2.30. The molecule has 0 fully saturated rings. The van der Waals surface area contributed by atoms with Gasteiger partial charge in [-0.1, -0.05) is 85.8 Å². The lowest BCUT2D eigenvalue weighted by atomic mass is 10.0. The minimum absolute atomic E-state index is 0.135. The maximum Gasteiger partial charge on any atom is 0.261 e. The van der Waals surface area contributed by atoms with Gasteiger partial charge in [-0.25, -0.2) is 0 Å². The zero-order valence-electron chi connectivity index (χ0n) is 19.4. The van der Waals surface area contributed by atoms with Gasteiger partial charge in [-0.15, -0.1) is 0 Å². The number of aryl methyl sites for hydroxylation is 1. The summed E-state index contributed by atoms with van der Waals surface area (Å²) in [6, 6.07) is 26.5. The Morgan fingerprint density at radius 1 is 0.879 bits per heavy atom. The topological polar surface area (TPSA) is 58.6 Å². The van der Waals surface area contributed by atoms with Gasteiger partial charge >= 0.3 is 0 Å². The van der Waals surface area contributed by atoms with Gasteiger partial charge in [0.2, 0.25) is 5.91 Å². The second kappa shape index (κ2) is 12.4. The molecule has 1 atom stereocenters. The average Bonchev–Trinajstić information content (AvgIpc) is 2.85. The first-order valence-electron chi connectivity index (χ1n) is 11.4. The zero-order chi connectivity index (χ0) is 23.5. The molecule has 0 saturated heterocycles. The first kappa shape index (κ1) is 24.1. The predicted octanol–water partition coefficient (Wildman–Crippen LogP) is 4.54. The molecule has 0 unspecified atom stereocenters. The lowest BCUT2D eigenvalue weighted by Crippen LogP contribution is -2.51. The molecule has 0 aromatic heterocycles. The largest absolute Gasteiger partial charge is 0.484 e. The molecule has 0 radical (unpaired) electrons. The summed E-state index contributed by atoms with van der Waals surface area (Å²) < 4.78 is 5.86. The Morgan fingerprint density at radius 2 is 1.48 bits per heavy atom. The number of benzene rings is 3. The van der Waals surface area contributed by atoms with Gasteiger partial charge in [0.25, 0.3) is 5.91 Å². The smallest absolute Gasteiger partial charge is 0.261 e. The monoisotopic (exact) mass is 444 g/mol. The maximum absolute atomic E-state index is 13.5. The summed E-state index contributed by atoms with van der Waals surface area (Å²) in [7, 11) is 0. The fourth-order valence-corrected chi connectivity index (χ4v) is 3.64. The van der Waals surface area contributed by atoms with E-state index in [4.69, 9.17) is 4.74 Å². The highest BCUT2D eigenvalue weighted by molar-refractivity contribution is 5.88. The summed E-state index contributed by atoms with van der Waals surface area (Å²) in [5, 5.41) is 2.98. The summed E-state index contributed by atoms with van der Waals surface area (Å²) in [6.45, 7) is 4.71. The van der Waals surface area contributed by atoms with Crippen molar-refractivity contribution in [2.24, 2.45) is 0 Å². The normalized spacial score (nSPS) is 11.5. The number of carbonyl (C=O) groups is 2. The quantitative estimate of drug-likeness (QED) is 0.472. The van der Waals surface area contributed by atoms with Crippen LogP contribution in [0.1, 0.15) is 30.0 Å². The molecule has 3 rings (SSSR count). The SMILES string of the molecule is CCCNC(=O)[C@@H](Cc1ccccc1)N(Cc1ccccc1)C(=O)COc1ccccc1C. The van der Waals surface area contributed by atoms with Crippen molar-refractivity contribution in [1.29, 1.82) is 0 Å². The minimum Gasteiger partial charge on any atom is -0.484 e. The highest BCUT2D eigenvalue weighted by Crippen LogP contribution is 2.18. The van der Waals surface area contributed by atoms with Crippen molar-refractivity contribution in [3.05, 3.63) is 102 Å². The number of ether oxygens (including phenoxy) is 1. The Kier molecular flexibility index (Phi) is 9.07. The van der Waals surface area contributed by atoms with Crippen LogP contribution in [0.5, 0.6) is 5.75 Å². The molecule has 0 bridgehead atoms. The van der Waals surface area contributed by atoms with E-state index in [-0.39, 0.29) is 18.4 Å². The lowest BCUT2D eigenvalue weighted by molar-refractivity contribution is -0.142. The van der Waals surface area contributed by atoms with E-state index < -0.39 is 6.04 Å². The number of hydrogen-bond acceptors (Lipinski definition) is 3. The van der Waals surface area contributed by atoms with Crippen LogP contribution >= 0.6 is 0 Å². The first-order valence-corrected chi connectivity index (χ1v) is 11.4. The van der Waals surface area contributed by atoms with E-state index >= 15 is 0 Å². The molecule has 3 aromatic rings. The number of carbonyl (C=O) groups excluding carboxylic acids is 2. The van der Waals surface area contributed by atoms with Crippen molar-refractivity contribution in [3.8, 4) is 5.75 Å². The molecule has 0 aliphatic carbocycles. The Balaban J connectivity index is 1.87. The van der Waals surface area contributed by atoms with Crippen LogP contribution in [-0.2, 0) is 22.6 Å². The third-order valence-electron chi connectivity index (χ3n) is 5.46. The highest BCUT2D eigenvalue weighted by atomic mass is 16.5. The molecule has 33 heavy (non-hydrogen) atoms. The Hall–Kier alpha value is -3.60. The van der Waals surface area contributed by atoms with E-state index in [1.807, 2.05) is 98.8 Å². The van der Waals surface area contributed by atoms with Gasteiger partial charge in [0.05, 0.1) is 0 Å². The summed E-state index contributed by atoms with van der Waals surface area (Å²) >= 11 is 0. The molecule has 0 heterocycles. The van der Waals surface area contributed by atoms with Crippen molar-refractivity contribution in [1.82, 2.24) is 10.2 Å². The van der Waals surface area contributed by atoms with Crippen LogP contribution in [-0.4, -0.2) is 35.9 Å².